The summed E-state index contributed by atoms with van der Waals surface area (Å²) in [5.74, 6) is 0.644. The number of nitrogens with one attached hydrogen (secondary N) is 1. The second kappa shape index (κ2) is 10.2. The monoisotopic (exact) mass is 453 g/mol. The Morgan fingerprint density at radius 1 is 1.23 bits per heavy atom. The zero-order valence-electron chi connectivity index (χ0n) is 17.7. The van der Waals surface area contributed by atoms with Crippen LogP contribution in [0, 0.1) is 19.8 Å². The number of aromatic nitrogens is 3. The molecule has 1 atom stereocenters. The molecule has 9 heteroatoms. The van der Waals surface area contributed by atoms with Crippen LogP contribution in [0.15, 0.2) is 35.6 Å². The first-order valence-corrected chi connectivity index (χ1v) is 11.3. The van der Waals surface area contributed by atoms with Crippen LogP contribution in [-0.2, 0) is 26.4 Å². The number of benzene rings is 1. The van der Waals surface area contributed by atoms with Crippen molar-refractivity contribution in [3.05, 3.63) is 47.3 Å². The number of hydrogen-bond acceptors (Lipinski definition) is 6. The number of pyridine rings is 1. The molecule has 1 aliphatic heterocycles. The SMILES string of the molecule is Cc1c(OCC2COC(C)(C)OC2)ccnc1C[S+]([O-])c1nc2c(C)cccc2[nH]1.[NaH]. The fourth-order valence-corrected chi connectivity index (χ4v) is 4.44. The van der Waals surface area contributed by atoms with Crippen molar-refractivity contribution in [1.29, 1.82) is 0 Å². The predicted molar refractivity (Wildman–Crippen MR) is 122 cm³/mol. The van der Waals surface area contributed by atoms with Crippen molar-refractivity contribution in [1.82, 2.24) is 15.0 Å². The molecule has 0 spiro atoms. The molecule has 4 rings (SSSR count). The minimum atomic E-state index is -1.34. The molecule has 2 aromatic heterocycles. The van der Waals surface area contributed by atoms with E-state index in [0.717, 1.165) is 33.6 Å². The molecule has 31 heavy (non-hydrogen) atoms. The molecule has 162 valence electrons. The molecule has 3 heterocycles. The van der Waals surface area contributed by atoms with E-state index in [1.807, 2.05) is 52.0 Å². The summed E-state index contributed by atoms with van der Waals surface area (Å²) in [6.07, 6.45) is 1.69. The molecule has 0 saturated carbocycles. The van der Waals surface area contributed by atoms with Gasteiger partial charge in [-0.25, -0.2) is 0 Å². The van der Waals surface area contributed by atoms with E-state index in [1.54, 1.807) is 6.20 Å². The first kappa shape index (κ1) is 24.5. The Morgan fingerprint density at radius 3 is 2.68 bits per heavy atom. The predicted octanol–water partition coefficient (Wildman–Crippen LogP) is 3.01. The minimum absolute atomic E-state index is 0. The number of fused-ring (bicyclic) bond motifs is 1. The molecule has 1 fully saturated rings. The van der Waals surface area contributed by atoms with Gasteiger partial charge in [0.05, 0.1) is 36.5 Å². The van der Waals surface area contributed by atoms with E-state index in [-0.39, 0.29) is 41.2 Å². The summed E-state index contributed by atoms with van der Waals surface area (Å²) in [5, 5.41) is 0.464. The van der Waals surface area contributed by atoms with Crippen LogP contribution in [-0.4, -0.2) is 74.7 Å². The second-order valence-corrected chi connectivity index (χ2v) is 9.45. The molecule has 0 amide bonds. The van der Waals surface area contributed by atoms with Crippen molar-refractivity contribution in [3.8, 4) is 5.75 Å². The first-order chi connectivity index (χ1) is 14.3. The van der Waals surface area contributed by atoms with E-state index in [4.69, 9.17) is 14.2 Å². The Morgan fingerprint density at radius 2 is 1.97 bits per heavy atom. The van der Waals surface area contributed by atoms with E-state index in [1.165, 1.54) is 0 Å². The van der Waals surface area contributed by atoms with E-state index in [2.05, 4.69) is 15.0 Å². The third-order valence-electron chi connectivity index (χ3n) is 5.24. The van der Waals surface area contributed by atoms with Crippen LogP contribution in [0.4, 0.5) is 0 Å². The van der Waals surface area contributed by atoms with Crippen LogP contribution in [0.3, 0.4) is 0 Å². The topological polar surface area (TPSA) is 92.3 Å². The third-order valence-corrected chi connectivity index (χ3v) is 6.40. The van der Waals surface area contributed by atoms with Gasteiger partial charge in [0.2, 0.25) is 0 Å². The number of ether oxygens (including phenoxy) is 3. The van der Waals surface area contributed by atoms with Crippen molar-refractivity contribution in [2.24, 2.45) is 5.92 Å². The van der Waals surface area contributed by atoms with E-state index >= 15 is 0 Å². The molecule has 3 aromatic rings. The van der Waals surface area contributed by atoms with Gasteiger partial charge in [0.25, 0.3) is 0 Å². The molecule has 0 aliphatic carbocycles. The van der Waals surface area contributed by atoms with Gasteiger partial charge in [0.15, 0.2) is 11.5 Å². The summed E-state index contributed by atoms with van der Waals surface area (Å²) in [6.45, 7) is 9.44. The molecule has 7 nitrogen and oxygen atoms in total. The molecule has 0 radical (unpaired) electrons. The molecule has 1 unspecified atom stereocenters. The number of hydrogen-bond donors (Lipinski definition) is 1. The van der Waals surface area contributed by atoms with Crippen LogP contribution in [0.2, 0.25) is 0 Å². The Bertz CT molecular complexity index is 1030. The van der Waals surface area contributed by atoms with Crippen LogP contribution < -0.4 is 4.74 Å². The fourth-order valence-electron chi connectivity index (χ4n) is 3.34. The van der Waals surface area contributed by atoms with Gasteiger partial charge < -0.3 is 18.8 Å². The summed E-state index contributed by atoms with van der Waals surface area (Å²) < 4.78 is 30.3. The number of rotatable bonds is 6. The van der Waals surface area contributed by atoms with Crippen molar-refractivity contribution < 1.29 is 18.8 Å². The summed E-state index contributed by atoms with van der Waals surface area (Å²) >= 11 is -1.34. The molecule has 0 bridgehead atoms. The van der Waals surface area contributed by atoms with Crippen molar-refractivity contribution in [2.75, 3.05) is 19.8 Å². The van der Waals surface area contributed by atoms with E-state index in [9.17, 15) is 4.55 Å². The average Bonchev–Trinajstić information content (AvgIpc) is 3.15. The Kier molecular flexibility index (Phi) is 8.07. The Labute approximate surface area is 207 Å². The van der Waals surface area contributed by atoms with Crippen molar-refractivity contribution in [3.63, 3.8) is 0 Å². The number of imidazole rings is 1. The van der Waals surface area contributed by atoms with Gasteiger partial charge in [0.1, 0.15) is 5.75 Å². The number of H-pyrrole nitrogens is 1. The average molecular weight is 454 g/mol. The van der Waals surface area contributed by atoms with Gasteiger partial charge >= 0.3 is 34.7 Å². The van der Waals surface area contributed by atoms with Crippen LogP contribution in [0.25, 0.3) is 11.0 Å². The van der Waals surface area contributed by atoms with Crippen molar-refractivity contribution >= 4 is 51.8 Å². The number of aromatic amines is 1. The zero-order chi connectivity index (χ0) is 21.3. The molecule has 1 saturated heterocycles. The maximum atomic E-state index is 12.9. The number of aryl methyl sites for hydroxylation is 1. The van der Waals surface area contributed by atoms with Gasteiger partial charge in [0, 0.05) is 28.9 Å². The number of nitrogens with zero attached hydrogens (tertiary/aromatic N) is 2. The first-order valence-electron chi connectivity index (χ1n) is 10.0. The van der Waals surface area contributed by atoms with E-state index in [0.29, 0.717) is 25.0 Å². The van der Waals surface area contributed by atoms with Crippen molar-refractivity contribution in [2.45, 2.75) is 44.4 Å². The van der Waals surface area contributed by atoms with Crippen LogP contribution in [0.5, 0.6) is 5.75 Å². The quantitative estimate of drug-likeness (QED) is 0.456. The summed E-state index contributed by atoms with van der Waals surface area (Å²) in [6, 6.07) is 7.72. The number of para-hydroxylation sites is 1. The van der Waals surface area contributed by atoms with Gasteiger partial charge in [-0.2, -0.15) is 4.98 Å². The fraction of sp³-hybridized carbons (Fsp3) is 0.455. The molecular formula is C22H28N3NaO4S. The second-order valence-electron chi connectivity index (χ2n) is 8.08. The third kappa shape index (κ3) is 5.82. The Balaban J connectivity index is 0.00000272. The zero-order valence-corrected chi connectivity index (χ0v) is 18.5. The maximum absolute atomic E-state index is 12.9. The Hall–Kier alpha value is -1.13. The summed E-state index contributed by atoms with van der Waals surface area (Å²) in [4.78, 5) is 12.1. The van der Waals surface area contributed by atoms with Gasteiger partial charge in [-0.15, -0.1) is 0 Å². The van der Waals surface area contributed by atoms with E-state index < -0.39 is 17.0 Å². The van der Waals surface area contributed by atoms with Gasteiger partial charge in [-0.05, 0) is 45.4 Å². The molecule has 1 N–H and O–H groups in total. The molecule has 1 aromatic carbocycles. The normalized spacial score (nSPS) is 17.3. The summed E-state index contributed by atoms with van der Waals surface area (Å²) in [5.41, 5.74) is 4.41. The van der Waals surface area contributed by atoms with Gasteiger partial charge in [-0.1, -0.05) is 12.1 Å². The van der Waals surface area contributed by atoms with Crippen LogP contribution in [0.1, 0.15) is 30.7 Å². The molecular weight excluding hydrogens is 425 g/mol. The molecule has 1 aliphatic rings. The van der Waals surface area contributed by atoms with Gasteiger partial charge in [-0.3, -0.25) is 9.97 Å². The summed E-state index contributed by atoms with van der Waals surface area (Å²) in [7, 11) is 0. The standard InChI is InChI=1S/C22H27N3O4S.Na.H/c1-14-6-5-7-17-20(14)25-21(24-17)30(26)13-18-15(2)19(8-9-23-18)27-10-16-11-28-22(3,4)29-12-16;;/h5-9,16H,10-13H2,1-4H3,(H,24,25);;. The van der Waals surface area contributed by atoms with Crippen LogP contribution >= 0.6 is 0 Å².